The third kappa shape index (κ3) is 3.02. The number of hydrogen-bond donors (Lipinski definition) is 1. The predicted molar refractivity (Wildman–Crippen MR) is 81.4 cm³/mol. The molecule has 0 saturated heterocycles. The van der Waals surface area contributed by atoms with Crippen LogP contribution in [0.25, 0.3) is 0 Å². The Hall–Kier alpha value is -0.820. The molecule has 0 amide bonds. The predicted octanol–water partition coefficient (Wildman–Crippen LogP) is 3.96. The first-order valence-corrected chi connectivity index (χ1v) is 8.11. The third-order valence-electron chi connectivity index (χ3n) is 5.39. The maximum Gasteiger partial charge on any atom is 0.00982 e. The SMILES string of the molecule is CNC(CC1CCCC1)C1CCc2ccccc2C1. The molecule has 1 aromatic rings. The summed E-state index contributed by atoms with van der Waals surface area (Å²) in [4.78, 5) is 0. The van der Waals surface area contributed by atoms with Crippen LogP contribution in [0.3, 0.4) is 0 Å². The molecule has 1 heteroatoms. The van der Waals surface area contributed by atoms with Gasteiger partial charge in [0.2, 0.25) is 0 Å². The molecule has 1 fully saturated rings. The van der Waals surface area contributed by atoms with Gasteiger partial charge in [-0.1, -0.05) is 49.9 Å². The van der Waals surface area contributed by atoms with Gasteiger partial charge in [0.25, 0.3) is 0 Å². The van der Waals surface area contributed by atoms with Crippen molar-refractivity contribution >= 4 is 0 Å². The lowest BCUT2D eigenvalue weighted by Crippen LogP contribution is -2.38. The van der Waals surface area contributed by atoms with Gasteiger partial charge in [0.1, 0.15) is 0 Å². The smallest absolute Gasteiger partial charge is 0.00982 e. The van der Waals surface area contributed by atoms with E-state index in [0.29, 0.717) is 0 Å². The number of nitrogens with one attached hydrogen (secondary N) is 1. The van der Waals surface area contributed by atoms with Crippen molar-refractivity contribution in [1.82, 2.24) is 5.32 Å². The Morgan fingerprint density at radius 2 is 1.84 bits per heavy atom. The standard InChI is InChI=1S/C18H27N/c1-19-18(12-14-6-2-3-7-14)17-11-10-15-8-4-5-9-16(15)13-17/h4-5,8-9,14,17-19H,2-3,6-7,10-13H2,1H3. The van der Waals surface area contributed by atoms with E-state index in [1.54, 1.807) is 11.1 Å². The van der Waals surface area contributed by atoms with Gasteiger partial charge in [0.05, 0.1) is 0 Å². The van der Waals surface area contributed by atoms with E-state index in [4.69, 9.17) is 0 Å². The molecule has 19 heavy (non-hydrogen) atoms. The lowest BCUT2D eigenvalue weighted by Gasteiger charge is -2.33. The second-order valence-electron chi connectivity index (χ2n) is 6.55. The van der Waals surface area contributed by atoms with Gasteiger partial charge in [0, 0.05) is 6.04 Å². The number of benzene rings is 1. The van der Waals surface area contributed by atoms with Crippen molar-refractivity contribution in [3.8, 4) is 0 Å². The fraction of sp³-hybridized carbons (Fsp3) is 0.667. The Morgan fingerprint density at radius 3 is 2.58 bits per heavy atom. The fourth-order valence-corrected chi connectivity index (χ4v) is 4.22. The van der Waals surface area contributed by atoms with Crippen LogP contribution in [0, 0.1) is 11.8 Å². The van der Waals surface area contributed by atoms with Crippen LogP contribution in [0.15, 0.2) is 24.3 Å². The molecule has 0 radical (unpaired) electrons. The molecule has 1 saturated carbocycles. The van der Waals surface area contributed by atoms with Gasteiger partial charge in [0.15, 0.2) is 0 Å². The third-order valence-corrected chi connectivity index (χ3v) is 5.39. The fourth-order valence-electron chi connectivity index (χ4n) is 4.22. The molecule has 0 aromatic heterocycles. The Morgan fingerprint density at radius 1 is 1.11 bits per heavy atom. The molecule has 3 rings (SSSR count). The van der Waals surface area contributed by atoms with Crippen molar-refractivity contribution in [1.29, 1.82) is 0 Å². The highest BCUT2D eigenvalue weighted by atomic mass is 14.9. The van der Waals surface area contributed by atoms with E-state index in [-0.39, 0.29) is 0 Å². The first kappa shape index (κ1) is 13.2. The lowest BCUT2D eigenvalue weighted by atomic mass is 9.77. The molecule has 104 valence electrons. The molecule has 1 nitrogen and oxygen atoms in total. The largest absolute Gasteiger partial charge is 0.317 e. The Kier molecular flexibility index (Phi) is 4.22. The number of fused-ring (bicyclic) bond motifs is 1. The van der Waals surface area contributed by atoms with Crippen LogP contribution in [0.5, 0.6) is 0 Å². The molecule has 1 N–H and O–H groups in total. The maximum atomic E-state index is 3.63. The van der Waals surface area contributed by atoms with Crippen LogP contribution in [0.4, 0.5) is 0 Å². The summed E-state index contributed by atoms with van der Waals surface area (Å²) in [6.45, 7) is 0. The Bertz CT molecular complexity index is 406. The van der Waals surface area contributed by atoms with Crippen LogP contribution in [-0.4, -0.2) is 13.1 Å². The van der Waals surface area contributed by atoms with Crippen LogP contribution < -0.4 is 5.32 Å². The normalized spacial score (nSPS) is 25.2. The molecular weight excluding hydrogens is 230 g/mol. The molecule has 1 aromatic carbocycles. The van der Waals surface area contributed by atoms with Gasteiger partial charge in [-0.25, -0.2) is 0 Å². The number of aryl methyl sites for hydroxylation is 1. The van der Waals surface area contributed by atoms with E-state index >= 15 is 0 Å². The van der Waals surface area contributed by atoms with Gasteiger partial charge in [-0.05, 0) is 55.7 Å². The zero-order chi connectivity index (χ0) is 13.1. The van der Waals surface area contributed by atoms with Gasteiger partial charge in [-0.15, -0.1) is 0 Å². The zero-order valence-electron chi connectivity index (χ0n) is 12.2. The minimum atomic E-state index is 0.733. The van der Waals surface area contributed by atoms with E-state index < -0.39 is 0 Å². The van der Waals surface area contributed by atoms with Gasteiger partial charge in [-0.2, -0.15) is 0 Å². The minimum absolute atomic E-state index is 0.733. The topological polar surface area (TPSA) is 12.0 Å². The summed E-state index contributed by atoms with van der Waals surface area (Å²) in [7, 11) is 2.17. The van der Waals surface area contributed by atoms with Crippen molar-refractivity contribution in [3.63, 3.8) is 0 Å². The van der Waals surface area contributed by atoms with Crippen LogP contribution in [0.1, 0.15) is 49.7 Å². The monoisotopic (exact) mass is 257 g/mol. The minimum Gasteiger partial charge on any atom is -0.317 e. The molecule has 2 unspecified atom stereocenters. The Balaban J connectivity index is 1.64. The molecule has 2 aliphatic carbocycles. The molecule has 0 heterocycles. The van der Waals surface area contributed by atoms with Crippen molar-refractivity contribution in [2.24, 2.45) is 11.8 Å². The Labute approximate surface area is 117 Å². The molecular formula is C18H27N. The van der Waals surface area contributed by atoms with Crippen LogP contribution in [-0.2, 0) is 12.8 Å². The van der Waals surface area contributed by atoms with E-state index in [2.05, 4.69) is 36.6 Å². The second kappa shape index (κ2) is 6.09. The van der Waals surface area contributed by atoms with Crippen molar-refractivity contribution in [2.75, 3.05) is 7.05 Å². The van der Waals surface area contributed by atoms with E-state index in [9.17, 15) is 0 Å². The quantitative estimate of drug-likeness (QED) is 0.861. The van der Waals surface area contributed by atoms with Gasteiger partial charge in [-0.3, -0.25) is 0 Å². The molecule has 0 spiro atoms. The summed E-state index contributed by atoms with van der Waals surface area (Å²) in [6.07, 6.45) is 11.2. The van der Waals surface area contributed by atoms with Crippen molar-refractivity contribution in [3.05, 3.63) is 35.4 Å². The molecule has 0 bridgehead atoms. The average Bonchev–Trinajstić information content (AvgIpc) is 2.97. The van der Waals surface area contributed by atoms with Crippen molar-refractivity contribution in [2.45, 2.75) is 57.4 Å². The maximum absolute atomic E-state index is 3.63. The van der Waals surface area contributed by atoms with Crippen LogP contribution in [0.2, 0.25) is 0 Å². The van der Waals surface area contributed by atoms with Gasteiger partial charge >= 0.3 is 0 Å². The van der Waals surface area contributed by atoms with E-state index in [1.807, 2.05) is 0 Å². The molecule has 0 aliphatic heterocycles. The van der Waals surface area contributed by atoms with Gasteiger partial charge < -0.3 is 5.32 Å². The summed E-state index contributed by atoms with van der Waals surface area (Å²) in [5.41, 5.74) is 3.19. The van der Waals surface area contributed by atoms with E-state index in [1.165, 1.54) is 51.4 Å². The van der Waals surface area contributed by atoms with E-state index in [0.717, 1.165) is 17.9 Å². The summed E-state index contributed by atoms with van der Waals surface area (Å²) >= 11 is 0. The summed E-state index contributed by atoms with van der Waals surface area (Å²) in [6, 6.07) is 9.77. The average molecular weight is 257 g/mol. The lowest BCUT2D eigenvalue weighted by molar-refractivity contribution is 0.281. The first-order chi connectivity index (χ1) is 9.36. The number of rotatable bonds is 4. The summed E-state index contributed by atoms with van der Waals surface area (Å²) < 4.78 is 0. The number of hydrogen-bond acceptors (Lipinski definition) is 1. The summed E-state index contributed by atoms with van der Waals surface area (Å²) in [5, 5.41) is 3.63. The highest BCUT2D eigenvalue weighted by Gasteiger charge is 2.28. The molecule has 2 aliphatic rings. The summed E-state index contributed by atoms with van der Waals surface area (Å²) in [5.74, 6) is 1.84. The molecule has 2 atom stereocenters. The van der Waals surface area contributed by atoms with Crippen LogP contribution >= 0.6 is 0 Å². The highest BCUT2D eigenvalue weighted by molar-refractivity contribution is 5.30. The second-order valence-corrected chi connectivity index (χ2v) is 6.55. The highest BCUT2D eigenvalue weighted by Crippen LogP contribution is 2.34. The first-order valence-electron chi connectivity index (χ1n) is 8.11. The van der Waals surface area contributed by atoms with Crippen molar-refractivity contribution < 1.29 is 0 Å². The zero-order valence-corrected chi connectivity index (χ0v) is 12.2.